The van der Waals surface area contributed by atoms with E-state index >= 15 is 0 Å². The van der Waals surface area contributed by atoms with Crippen molar-refractivity contribution < 1.29 is 18.3 Å². The SMILES string of the molecule is O=C(CCc1ccc(OC(F)F)cc1)N1CCNCC1. The summed E-state index contributed by atoms with van der Waals surface area (Å²) in [4.78, 5) is 13.8. The molecule has 6 heteroatoms. The molecule has 1 aliphatic heterocycles. The quantitative estimate of drug-likeness (QED) is 0.894. The van der Waals surface area contributed by atoms with Gasteiger partial charge in [0.1, 0.15) is 5.75 Å². The van der Waals surface area contributed by atoms with Crippen LogP contribution in [0.5, 0.6) is 5.75 Å². The third-order valence-corrected chi connectivity index (χ3v) is 3.25. The van der Waals surface area contributed by atoms with E-state index in [1.165, 1.54) is 12.1 Å². The lowest BCUT2D eigenvalue weighted by Crippen LogP contribution is -2.46. The number of amides is 1. The predicted octanol–water partition coefficient (Wildman–Crippen LogP) is 1.65. The molecule has 4 nitrogen and oxygen atoms in total. The summed E-state index contributed by atoms with van der Waals surface area (Å²) in [5, 5.41) is 3.20. The lowest BCUT2D eigenvalue weighted by atomic mass is 10.1. The molecule has 1 fully saturated rings. The maximum absolute atomic E-state index is 12.0. The van der Waals surface area contributed by atoms with Gasteiger partial charge in [-0.25, -0.2) is 0 Å². The number of ether oxygens (including phenoxy) is 1. The molecule has 2 rings (SSSR count). The molecule has 0 atom stereocenters. The summed E-state index contributed by atoms with van der Waals surface area (Å²) in [6.07, 6.45) is 1.05. The largest absolute Gasteiger partial charge is 0.435 e. The monoisotopic (exact) mass is 284 g/mol. The zero-order valence-corrected chi connectivity index (χ0v) is 11.1. The van der Waals surface area contributed by atoms with E-state index in [1.807, 2.05) is 4.90 Å². The highest BCUT2D eigenvalue weighted by atomic mass is 19.3. The molecule has 1 aromatic rings. The van der Waals surface area contributed by atoms with Gasteiger partial charge < -0.3 is 15.0 Å². The zero-order valence-electron chi connectivity index (χ0n) is 11.1. The summed E-state index contributed by atoms with van der Waals surface area (Å²) in [5.41, 5.74) is 0.940. The Morgan fingerprint density at radius 3 is 2.50 bits per heavy atom. The van der Waals surface area contributed by atoms with Crippen molar-refractivity contribution in [1.82, 2.24) is 10.2 Å². The fraction of sp³-hybridized carbons (Fsp3) is 0.500. The number of aryl methyl sites for hydroxylation is 1. The van der Waals surface area contributed by atoms with E-state index in [1.54, 1.807) is 12.1 Å². The van der Waals surface area contributed by atoms with Gasteiger partial charge in [0, 0.05) is 32.6 Å². The van der Waals surface area contributed by atoms with Crippen molar-refractivity contribution in [1.29, 1.82) is 0 Å². The minimum absolute atomic E-state index is 0.136. The van der Waals surface area contributed by atoms with Gasteiger partial charge in [-0.1, -0.05) is 12.1 Å². The highest BCUT2D eigenvalue weighted by molar-refractivity contribution is 5.76. The molecule has 0 radical (unpaired) electrons. The molecular formula is C14H18F2N2O2. The van der Waals surface area contributed by atoms with Gasteiger partial charge in [0.25, 0.3) is 0 Å². The second kappa shape index (κ2) is 7.19. The van der Waals surface area contributed by atoms with Crippen LogP contribution in [-0.4, -0.2) is 43.6 Å². The number of nitrogens with zero attached hydrogens (tertiary/aromatic N) is 1. The standard InChI is InChI=1S/C14H18F2N2O2/c15-14(16)20-12-4-1-11(2-5-12)3-6-13(19)18-9-7-17-8-10-18/h1-2,4-5,14,17H,3,6-10H2. The Balaban J connectivity index is 1.79. The van der Waals surface area contributed by atoms with Crippen LogP contribution in [0.4, 0.5) is 8.78 Å². The third-order valence-electron chi connectivity index (χ3n) is 3.25. The van der Waals surface area contributed by atoms with E-state index in [0.29, 0.717) is 12.8 Å². The van der Waals surface area contributed by atoms with Gasteiger partial charge >= 0.3 is 6.61 Å². The van der Waals surface area contributed by atoms with E-state index in [0.717, 1.165) is 31.7 Å². The normalized spacial score (nSPS) is 15.4. The van der Waals surface area contributed by atoms with Crippen molar-refractivity contribution in [3.05, 3.63) is 29.8 Å². The van der Waals surface area contributed by atoms with Crippen LogP contribution in [0.1, 0.15) is 12.0 Å². The van der Waals surface area contributed by atoms with Crippen molar-refractivity contribution in [2.45, 2.75) is 19.5 Å². The minimum atomic E-state index is -2.81. The van der Waals surface area contributed by atoms with Crippen LogP contribution in [0.2, 0.25) is 0 Å². The molecule has 0 spiro atoms. The Hall–Kier alpha value is -1.69. The van der Waals surface area contributed by atoms with Gasteiger partial charge in [-0.3, -0.25) is 4.79 Å². The Kier molecular flexibility index (Phi) is 5.29. The van der Waals surface area contributed by atoms with Crippen LogP contribution in [0.25, 0.3) is 0 Å². The predicted molar refractivity (Wildman–Crippen MR) is 70.8 cm³/mol. The fourth-order valence-electron chi connectivity index (χ4n) is 2.16. The summed E-state index contributed by atoms with van der Waals surface area (Å²) in [6.45, 7) is 0.367. The molecule has 110 valence electrons. The van der Waals surface area contributed by atoms with Gasteiger partial charge in [0.2, 0.25) is 5.91 Å². The first-order valence-corrected chi connectivity index (χ1v) is 6.67. The van der Waals surface area contributed by atoms with Crippen molar-refractivity contribution in [2.75, 3.05) is 26.2 Å². The maximum atomic E-state index is 12.0. The average Bonchev–Trinajstić information content (AvgIpc) is 2.46. The van der Waals surface area contributed by atoms with Gasteiger partial charge in [0.05, 0.1) is 0 Å². The molecule has 0 saturated carbocycles. The van der Waals surface area contributed by atoms with E-state index in [4.69, 9.17) is 0 Å². The first-order valence-electron chi connectivity index (χ1n) is 6.67. The van der Waals surface area contributed by atoms with Gasteiger partial charge in [0.15, 0.2) is 0 Å². The molecule has 0 aliphatic carbocycles. The Bertz CT molecular complexity index is 431. The van der Waals surface area contributed by atoms with E-state index < -0.39 is 6.61 Å². The molecule has 1 amide bonds. The van der Waals surface area contributed by atoms with Crippen LogP contribution in [0.15, 0.2) is 24.3 Å². The van der Waals surface area contributed by atoms with Crippen LogP contribution in [0, 0.1) is 0 Å². The van der Waals surface area contributed by atoms with Crippen LogP contribution in [0.3, 0.4) is 0 Å². The summed E-state index contributed by atoms with van der Waals surface area (Å²) >= 11 is 0. The molecule has 1 saturated heterocycles. The molecule has 1 aromatic carbocycles. The van der Waals surface area contributed by atoms with E-state index in [2.05, 4.69) is 10.1 Å². The average molecular weight is 284 g/mol. The number of rotatable bonds is 5. The lowest BCUT2D eigenvalue weighted by Gasteiger charge is -2.27. The lowest BCUT2D eigenvalue weighted by molar-refractivity contribution is -0.131. The number of hydrogen-bond donors (Lipinski definition) is 1. The second-order valence-electron chi connectivity index (χ2n) is 4.65. The first kappa shape index (κ1) is 14.7. The molecule has 1 N–H and O–H groups in total. The van der Waals surface area contributed by atoms with Gasteiger partial charge in [-0.15, -0.1) is 0 Å². The third kappa shape index (κ3) is 4.45. The number of carbonyl (C=O) groups is 1. The number of halogens is 2. The topological polar surface area (TPSA) is 41.6 Å². The maximum Gasteiger partial charge on any atom is 0.387 e. The molecule has 20 heavy (non-hydrogen) atoms. The number of benzene rings is 1. The molecule has 0 unspecified atom stereocenters. The first-order chi connectivity index (χ1) is 9.65. The minimum Gasteiger partial charge on any atom is -0.435 e. The smallest absolute Gasteiger partial charge is 0.387 e. The molecular weight excluding hydrogens is 266 g/mol. The van der Waals surface area contributed by atoms with Gasteiger partial charge in [-0.05, 0) is 24.1 Å². The molecule has 1 aliphatic rings. The number of piperazine rings is 1. The Labute approximate surface area is 116 Å². The highest BCUT2D eigenvalue weighted by Crippen LogP contribution is 2.16. The van der Waals surface area contributed by atoms with Gasteiger partial charge in [-0.2, -0.15) is 8.78 Å². The number of hydrogen-bond acceptors (Lipinski definition) is 3. The van der Waals surface area contributed by atoms with E-state index in [-0.39, 0.29) is 11.7 Å². The number of nitrogens with one attached hydrogen (secondary N) is 1. The van der Waals surface area contributed by atoms with Crippen molar-refractivity contribution >= 4 is 5.91 Å². The van der Waals surface area contributed by atoms with Crippen molar-refractivity contribution in [3.8, 4) is 5.75 Å². The van der Waals surface area contributed by atoms with Crippen LogP contribution >= 0.6 is 0 Å². The summed E-state index contributed by atoms with van der Waals surface area (Å²) < 4.78 is 28.3. The summed E-state index contributed by atoms with van der Waals surface area (Å²) in [6, 6.07) is 6.42. The fourth-order valence-corrected chi connectivity index (χ4v) is 2.16. The van der Waals surface area contributed by atoms with Crippen LogP contribution < -0.4 is 10.1 Å². The molecule has 0 aromatic heterocycles. The Morgan fingerprint density at radius 2 is 1.90 bits per heavy atom. The second-order valence-corrected chi connectivity index (χ2v) is 4.65. The zero-order chi connectivity index (χ0) is 14.4. The molecule has 0 bridgehead atoms. The van der Waals surface area contributed by atoms with Crippen molar-refractivity contribution in [3.63, 3.8) is 0 Å². The molecule has 1 heterocycles. The van der Waals surface area contributed by atoms with Crippen molar-refractivity contribution in [2.24, 2.45) is 0 Å². The number of carbonyl (C=O) groups excluding carboxylic acids is 1. The number of alkyl halides is 2. The highest BCUT2D eigenvalue weighted by Gasteiger charge is 2.15. The van der Waals surface area contributed by atoms with E-state index in [9.17, 15) is 13.6 Å². The summed E-state index contributed by atoms with van der Waals surface area (Å²) in [7, 11) is 0. The Morgan fingerprint density at radius 1 is 1.25 bits per heavy atom. The van der Waals surface area contributed by atoms with Crippen LogP contribution in [-0.2, 0) is 11.2 Å². The summed E-state index contributed by atoms with van der Waals surface area (Å²) in [5.74, 6) is 0.275.